The monoisotopic (exact) mass is 662 g/mol. The van der Waals surface area contributed by atoms with E-state index in [9.17, 15) is 4.79 Å². The lowest BCUT2D eigenvalue weighted by molar-refractivity contribution is -0.129. The number of halogens is 1. The molecule has 0 radical (unpaired) electrons. The van der Waals surface area contributed by atoms with Crippen molar-refractivity contribution >= 4 is 23.1 Å². The molecule has 1 N–H and O–H groups in total. The molecule has 3 aromatic rings. The zero-order valence-corrected chi connectivity index (χ0v) is 28.7. The topological polar surface area (TPSA) is 78.5 Å². The molecule has 1 fully saturated rings. The van der Waals surface area contributed by atoms with Gasteiger partial charge in [-0.25, -0.2) is 0 Å². The molecule has 1 saturated carbocycles. The lowest BCUT2D eigenvalue weighted by Crippen LogP contribution is -2.47. The molecule has 9 heteroatoms. The van der Waals surface area contributed by atoms with Gasteiger partial charge in [-0.1, -0.05) is 54.1 Å². The molecule has 1 aliphatic carbocycles. The third-order valence-electron chi connectivity index (χ3n) is 8.66. The maximum absolute atomic E-state index is 14.6. The average Bonchev–Trinajstić information content (AvgIpc) is 3.92. The fourth-order valence-corrected chi connectivity index (χ4v) is 6.26. The van der Waals surface area contributed by atoms with E-state index >= 15 is 0 Å². The first kappa shape index (κ1) is 34.9. The molecule has 8 nitrogen and oxygen atoms in total. The van der Waals surface area contributed by atoms with E-state index in [0.29, 0.717) is 38.0 Å². The number of methoxy groups -OCH3 is 2. The summed E-state index contributed by atoms with van der Waals surface area (Å²) in [5, 5.41) is 4.20. The Labute approximate surface area is 283 Å². The van der Waals surface area contributed by atoms with Gasteiger partial charge in [0.2, 0.25) is 0 Å². The first-order valence-corrected chi connectivity index (χ1v) is 16.8. The van der Waals surface area contributed by atoms with Crippen LogP contribution in [0, 0.1) is 13.8 Å². The van der Waals surface area contributed by atoms with E-state index in [1.54, 1.807) is 14.2 Å². The summed E-state index contributed by atoms with van der Waals surface area (Å²) >= 11 is 6.69. The smallest absolute Gasteiger partial charge is 0.252 e. The molecule has 252 valence electrons. The third-order valence-corrected chi connectivity index (χ3v) is 9.03. The zero-order valence-electron chi connectivity index (χ0n) is 28.0. The van der Waals surface area contributed by atoms with Gasteiger partial charge in [-0.2, -0.15) is 0 Å². The molecule has 47 heavy (non-hydrogen) atoms. The molecule has 0 bridgehead atoms. The van der Waals surface area contributed by atoms with Crippen LogP contribution in [0.1, 0.15) is 47.1 Å². The van der Waals surface area contributed by atoms with Crippen LogP contribution in [0.2, 0.25) is 5.02 Å². The van der Waals surface area contributed by atoms with Crippen LogP contribution < -0.4 is 14.8 Å². The van der Waals surface area contributed by atoms with E-state index < -0.39 is 0 Å². The Morgan fingerprint density at radius 1 is 0.936 bits per heavy atom. The molecule has 1 heterocycles. The number of nitrogens with zero attached hydrogens (tertiary/aromatic N) is 1. The van der Waals surface area contributed by atoms with Crippen LogP contribution >= 0.6 is 11.6 Å². The number of amides is 1. The van der Waals surface area contributed by atoms with Gasteiger partial charge in [0.1, 0.15) is 31.5 Å². The highest BCUT2D eigenvalue weighted by molar-refractivity contribution is 6.31. The van der Waals surface area contributed by atoms with Crippen LogP contribution in [0.5, 0.6) is 11.5 Å². The summed E-state index contributed by atoms with van der Waals surface area (Å²) < 4.78 is 28.3. The number of ether oxygens (including phenoxy) is 5. The van der Waals surface area contributed by atoms with Crippen LogP contribution in [-0.2, 0) is 32.0 Å². The summed E-state index contributed by atoms with van der Waals surface area (Å²) in [6, 6.07) is 20.1. The van der Waals surface area contributed by atoms with Crippen molar-refractivity contribution in [1.82, 2.24) is 10.2 Å². The molecule has 3 aromatic carbocycles. The van der Waals surface area contributed by atoms with Crippen LogP contribution in [0.15, 0.2) is 66.2 Å². The van der Waals surface area contributed by atoms with E-state index in [2.05, 4.69) is 11.4 Å². The van der Waals surface area contributed by atoms with Gasteiger partial charge >= 0.3 is 0 Å². The molecule has 2 aliphatic rings. The van der Waals surface area contributed by atoms with Gasteiger partial charge in [-0.05, 0) is 97.7 Å². The number of hydrogen-bond donors (Lipinski definition) is 1. The third kappa shape index (κ3) is 9.36. The number of para-hydroxylation sites is 1. The Hall–Kier alpha value is -3.40. The number of nitrogens with one attached hydrogen (secondary N) is 1. The van der Waals surface area contributed by atoms with Crippen molar-refractivity contribution in [1.29, 1.82) is 0 Å². The van der Waals surface area contributed by atoms with Crippen molar-refractivity contribution in [3.8, 4) is 11.5 Å². The molecule has 0 spiro atoms. The van der Waals surface area contributed by atoms with Crippen molar-refractivity contribution in [2.75, 3.05) is 54.0 Å². The molecular formula is C38H47ClN2O6. The molecule has 0 aromatic heterocycles. The van der Waals surface area contributed by atoms with Gasteiger partial charge in [0.15, 0.2) is 0 Å². The molecule has 1 atom stereocenters. The fourth-order valence-electron chi connectivity index (χ4n) is 6.09. The Kier molecular flexibility index (Phi) is 12.7. The van der Waals surface area contributed by atoms with E-state index in [4.69, 9.17) is 35.3 Å². The fraction of sp³-hybridized carbons (Fsp3) is 0.447. The number of benzene rings is 3. The largest absolute Gasteiger partial charge is 0.490 e. The van der Waals surface area contributed by atoms with Gasteiger partial charge in [0, 0.05) is 37.4 Å². The number of hydrogen-bond acceptors (Lipinski definition) is 7. The van der Waals surface area contributed by atoms with Crippen LogP contribution in [-0.4, -0.2) is 76.9 Å². The lowest BCUT2D eigenvalue weighted by Gasteiger charge is -2.33. The average molecular weight is 663 g/mol. The summed E-state index contributed by atoms with van der Waals surface area (Å²) in [6.45, 7) is 7.26. The standard InChI is InChI=1S/C38H47ClN2O6/c1-26-6-5-7-27(2)37(26)47-21-20-46-32-13-9-29(10-14-32)33-16-18-40-35(24-45-25-44-4)36(33)38(42)41(31-11-12-31)23-30-22-28(17-19-43-3)8-15-34(30)39/h5-10,13-15,22,31,35,40H,11-12,16-21,23-25H2,1-4H3/t35-/m1/s1. The minimum absolute atomic E-state index is 0.0167. The Bertz CT molecular complexity index is 1500. The van der Waals surface area contributed by atoms with E-state index in [1.807, 2.05) is 73.3 Å². The van der Waals surface area contributed by atoms with E-state index in [1.165, 1.54) is 0 Å². The van der Waals surface area contributed by atoms with Gasteiger partial charge < -0.3 is 33.9 Å². The Balaban J connectivity index is 1.35. The van der Waals surface area contributed by atoms with Crippen LogP contribution in [0.3, 0.4) is 0 Å². The first-order valence-electron chi connectivity index (χ1n) is 16.4. The number of aryl methyl sites for hydroxylation is 2. The summed E-state index contributed by atoms with van der Waals surface area (Å²) in [5.41, 5.74) is 7.07. The maximum atomic E-state index is 14.6. The second-order valence-corrected chi connectivity index (χ2v) is 12.6. The van der Waals surface area contributed by atoms with Crippen molar-refractivity contribution < 1.29 is 28.5 Å². The summed E-state index contributed by atoms with van der Waals surface area (Å²) in [7, 11) is 3.30. The normalized spacial score (nSPS) is 16.3. The summed E-state index contributed by atoms with van der Waals surface area (Å²) in [4.78, 5) is 16.6. The molecule has 1 aliphatic heterocycles. The van der Waals surface area contributed by atoms with Crippen LogP contribution in [0.4, 0.5) is 0 Å². The lowest BCUT2D eigenvalue weighted by atomic mass is 9.88. The van der Waals surface area contributed by atoms with Crippen molar-refractivity contribution in [3.63, 3.8) is 0 Å². The molecule has 0 unspecified atom stereocenters. The number of rotatable bonds is 17. The van der Waals surface area contributed by atoms with Crippen LogP contribution in [0.25, 0.3) is 5.57 Å². The van der Waals surface area contributed by atoms with Crippen molar-refractivity contribution in [2.24, 2.45) is 0 Å². The highest BCUT2D eigenvalue weighted by atomic mass is 35.5. The van der Waals surface area contributed by atoms with Gasteiger partial charge in [-0.3, -0.25) is 4.79 Å². The second kappa shape index (κ2) is 17.1. The summed E-state index contributed by atoms with van der Waals surface area (Å²) in [5.74, 6) is 1.68. The van der Waals surface area contributed by atoms with Gasteiger partial charge in [0.05, 0.1) is 19.3 Å². The van der Waals surface area contributed by atoms with Gasteiger partial charge in [0.25, 0.3) is 5.91 Å². The first-order chi connectivity index (χ1) is 22.9. The maximum Gasteiger partial charge on any atom is 0.252 e. The number of carbonyl (C=O) groups excluding carboxylic acids is 1. The van der Waals surface area contributed by atoms with Gasteiger partial charge in [-0.15, -0.1) is 0 Å². The highest BCUT2D eigenvalue weighted by Crippen LogP contribution is 2.36. The van der Waals surface area contributed by atoms with E-state index in [0.717, 1.165) is 82.7 Å². The SMILES string of the molecule is COCCc1ccc(Cl)c(CN(C(=O)C2=C(c3ccc(OCCOc4c(C)cccc4C)cc3)CCN[C@@H]2COCOC)C2CC2)c1. The quantitative estimate of drug-likeness (QED) is 0.130. The Morgan fingerprint density at radius 3 is 2.38 bits per heavy atom. The molecular weight excluding hydrogens is 616 g/mol. The zero-order chi connectivity index (χ0) is 33.2. The molecule has 5 rings (SSSR count). The predicted molar refractivity (Wildman–Crippen MR) is 185 cm³/mol. The molecule has 0 saturated heterocycles. The Morgan fingerprint density at radius 2 is 1.68 bits per heavy atom. The van der Waals surface area contributed by atoms with Crippen molar-refractivity contribution in [3.05, 3.63) is 99.1 Å². The molecule has 1 amide bonds. The van der Waals surface area contributed by atoms with E-state index in [-0.39, 0.29) is 24.8 Å². The minimum Gasteiger partial charge on any atom is -0.490 e. The van der Waals surface area contributed by atoms with Crippen molar-refractivity contribution in [2.45, 2.75) is 58.2 Å². The second-order valence-electron chi connectivity index (χ2n) is 12.2. The summed E-state index contributed by atoms with van der Waals surface area (Å²) in [6.07, 6.45) is 3.46. The highest BCUT2D eigenvalue weighted by Gasteiger charge is 2.38. The predicted octanol–water partition coefficient (Wildman–Crippen LogP) is 6.53. The number of carbonyl (C=O) groups is 1. The minimum atomic E-state index is -0.274.